The first-order valence-corrected chi connectivity index (χ1v) is 8.02. The highest BCUT2D eigenvalue weighted by Crippen LogP contribution is 2.29. The van der Waals surface area contributed by atoms with Crippen molar-refractivity contribution in [2.75, 3.05) is 13.2 Å². The number of nitrogens with zero attached hydrogens (tertiary/aromatic N) is 3. The average molecular weight is 318 g/mol. The SMILES string of the molecule is CCn1ccnc1C(NC(=O)c1cc(C)on1)C1CCOCC1. The molecule has 0 saturated carbocycles. The van der Waals surface area contributed by atoms with Crippen LogP contribution in [0.25, 0.3) is 0 Å². The van der Waals surface area contributed by atoms with Gasteiger partial charge in [0.2, 0.25) is 0 Å². The van der Waals surface area contributed by atoms with Crippen LogP contribution in [0.4, 0.5) is 0 Å². The number of hydrogen-bond donors (Lipinski definition) is 1. The first-order chi connectivity index (χ1) is 11.2. The van der Waals surface area contributed by atoms with E-state index in [1.165, 1.54) is 0 Å². The molecule has 7 heteroatoms. The van der Waals surface area contributed by atoms with Gasteiger partial charge in [-0.3, -0.25) is 4.79 Å². The Bertz CT molecular complexity index is 658. The van der Waals surface area contributed by atoms with E-state index in [-0.39, 0.29) is 11.9 Å². The summed E-state index contributed by atoms with van der Waals surface area (Å²) >= 11 is 0. The van der Waals surface area contributed by atoms with E-state index in [9.17, 15) is 4.79 Å². The lowest BCUT2D eigenvalue weighted by atomic mass is 9.91. The molecule has 1 aliphatic heterocycles. The second-order valence-electron chi connectivity index (χ2n) is 5.80. The maximum absolute atomic E-state index is 12.5. The zero-order valence-corrected chi connectivity index (χ0v) is 13.5. The zero-order valence-electron chi connectivity index (χ0n) is 13.5. The third-order valence-electron chi connectivity index (χ3n) is 4.25. The molecule has 1 amide bonds. The Hall–Kier alpha value is -2.15. The van der Waals surface area contributed by atoms with Gasteiger partial charge in [-0.25, -0.2) is 4.98 Å². The maximum Gasteiger partial charge on any atom is 0.274 e. The van der Waals surface area contributed by atoms with E-state index in [2.05, 4.69) is 26.9 Å². The van der Waals surface area contributed by atoms with Crippen molar-refractivity contribution in [3.05, 3.63) is 35.7 Å². The summed E-state index contributed by atoms with van der Waals surface area (Å²) in [7, 11) is 0. The number of ether oxygens (including phenoxy) is 1. The van der Waals surface area contributed by atoms with E-state index in [4.69, 9.17) is 9.26 Å². The summed E-state index contributed by atoms with van der Waals surface area (Å²) in [4.78, 5) is 17.0. The van der Waals surface area contributed by atoms with Crippen LogP contribution in [0.15, 0.2) is 23.0 Å². The molecule has 0 aromatic carbocycles. The number of carbonyl (C=O) groups is 1. The molecule has 0 bridgehead atoms. The quantitative estimate of drug-likeness (QED) is 0.913. The molecular formula is C16H22N4O3. The van der Waals surface area contributed by atoms with Gasteiger partial charge in [0.25, 0.3) is 5.91 Å². The van der Waals surface area contributed by atoms with Crippen molar-refractivity contribution in [1.29, 1.82) is 0 Å². The largest absolute Gasteiger partial charge is 0.381 e. The van der Waals surface area contributed by atoms with Crippen molar-refractivity contribution < 1.29 is 14.1 Å². The van der Waals surface area contributed by atoms with Gasteiger partial charge in [-0.15, -0.1) is 0 Å². The molecule has 23 heavy (non-hydrogen) atoms. The lowest BCUT2D eigenvalue weighted by Crippen LogP contribution is -2.37. The number of amides is 1. The third kappa shape index (κ3) is 3.44. The molecule has 0 spiro atoms. The number of rotatable bonds is 5. The standard InChI is InChI=1S/C16H22N4O3/c1-3-20-7-6-17-15(20)14(12-4-8-22-9-5-12)18-16(21)13-10-11(2)23-19-13/h6-7,10,12,14H,3-5,8-9H2,1-2H3,(H,18,21). The van der Waals surface area contributed by atoms with Gasteiger partial charge in [-0.05, 0) is 32.6 Å². The van der Waals surface area contributed by atoms with Crippen LogP contribution in [-0.2, 0) is 11.3 Å². The number of aromatic nitrogens is 3. The summed E-state index contributed by atoms with van der Waals surface area (Å²) in [6, 6.07) is 1.49. The van der Waals surface area contributed by atoms with Gasteiger partial charge in [0, 0.05) is 38.2 Å². The zero-order chi connectivity index (χ0) is 16.2. The van der Waals surface area contributed by atoms with Crippen LogP contribution in [0.1, 0.15) is 47.9 Å². The predicted octanol–water partition coefficient (Wildman–Crippen LogP) is 2.10. The molecule has 1 saturated heterocycles. The summed E-state index contributed by atoms with van der Waals surface area (Å²) in [5, 5.41) is 6.89. The predicted molar refractivity (Wildman–Crippen MR) is 82.9 cm³/mol. The van der Waals surface area contributed by atoms with Gasteiger partial charge >= 0.3 is 0 Å². The van der Waals surface area contributed by atoms with Crippen LogP contribution in [0.5, 0.6) is 0 Å². The highest BCUT2D eigenvalue weighted by molar-refractivity contribution is 5.92. The molecule has 1 fully saturated rings. The van der Waals surface area contributed by atoms with Gasteiger partial charge in [-0.2, -0.15) is 0 Å². The van der Waals surface area contributed by atoms with Crippen molar-refractivity contribution in [3.8, 4) is 0 Å². The smallest absolute Gasteiger partial charge is 0.274 e. The summed E-state index contributed by atoms with van der Waals surface area (Å²) in [6.45, 7) is 6.08. The van der Waals surface area contributed by atoms with Crippen molar-refractivity contribution in [3.63, 3.8) is 0 Å². The van der Waals surface area contributed by atoms with E-state index in [0.29, 0.717) is 30.6 Å². The second-order valence-corrected chi connectivity index (χ2v) is 5.80. The summed E-state index contributed by atoms with van der Waals surface area (Å²) < 4.78 is 12.5. The maximum atomic E-state index is 12.5. The van der Waals surface area contributed by atoms with Gasteiger partial charge in [-0.1, -0.05) is 5.16 Å². The molecule has 2 aromatic heterocycles. The Kier molecular flexibility index (Phi) is 4.76. The van der Waals surface area contributed by atoms with Crippen molar-refractivity contribution in [1.82, 2.24) is 20.0 Å². The molecule has 3 rings (SSSR count). The minimum absolute atomic E-state index is 0.154. The minimum atomic E-state index is -0.232. The molecule has 1 N–H and O–H groups in total. The molecule has 1 unspecified atom stereocenters. The van der Waals surface area contributed by atoms with E-state index < -0.39 is 0 Å². The van der Waals surface area contributed by atoms with Crippen LogP contribution >= 0.6 is 0 Å². The number of hydrogen-bond acceptors (Lipinski definition) is 5. The highest BCUT2D eigenvalue weighted by atomic mass is 16.5. The number of aryl methyl sites for hydroxylation is 2. The van der Waals surface area contributed by atoms with E-state index in [1.807, 2.05) is 6.20 Å². The second kappa shape index (κ2) is 6.95. The van der Waals surface area contributed by atoms with E-state index in [1.54, 1.807) is 19.2 Å². The monoisotopic (exact) mass is 318 g/mol. The topological polar surface area (TPSA) is 82.2 Å². The average Bonchev–Trinajstić information content (AvgIpc) is 3.21. The summed E-state index contributed by atoms with van der Waals surface area (Å²) in [5.74, 6) is 1.57. The first kappa shape index (κ1) is 15.7. The fourth-order valence-corrected chi connectivity index (χ4v) is 3.00. The molecule has 2 aromatic rings. The summed E-state index contributed by atoms with van der Waals surface area (Å²) in [6.07, 6.45) is 5.52. The van der Waals surface area contributed by atoms with Gasteiger partial charge in [0.05, 0.1) is 6.04 Å². The Balaban J connectivity index is 1.84. The Morgan fingerprint density at radius 1 is 1.48 bits per heavy atom. The molecule has 0 radical (unpaired) electrons. The van der Waals surface area contributed by atoms with Gasteiger partial charge in [0.15, 0.2) is 5.69 Å². The Morgan fingerprint density at radius 2 is 2.26 bits per heavy atom. The molecule has 124 valence electrons. The number of imidazole rings is 1. The van der Waals surface area contributed by atoms with Crippen molar-refractivity contribution >= 4 is 5.91 Å². The molecule has 3 heterocycles. The lowest BCUT2D eigenvalue weighted by molar-refractivity contribution is 0.0497. The molecular weight excluding hydrogens is 296 g/mol. The fraction of sp³-hybridized carbons (Fsp3) is 0.562. The molecule has 0 aliphatic carbocycles. The normalized spacial score (nSPS) is 17.1. The molecule has 1 aliphatic rings. The molecule has 1 atom stereocenters. The van der Waals surface area contributed by atoms with Crippen molar-refractivity contribution in [2.24, 2.45) is 5.92 Å². The minimum Gasteiger partial charge on any atom is -0.381 e. The van der Waals surface area contributed by atoms with Gasteiger partial charge in [0.1, 0.15) is 11.6 Å². The third-order valence-corrected chi connectivity index (χ3v) is 4.25. The van der Waals surface area contributed by atoms with Crippen LogP contribution in [0.3, 0.4) is 0 Å². The van der Waals surface area contributed by atoms with E-state index in [0.717, 1.165) is 25.2 Å². The van der Waals surface area contributed by atoms with Crippen LogP contribution in [-0.4, -0.2) is 33.8 Å². The van der Waals surface area contributed by atoms with Crippen LogP contribution in [0, 0.1) is 12.8 Å². The van der Waals surface area contributed by atoms with Gasteiger partial charge < -0.3 is 19.1 Å². The lowest BCUT2D eigenvalue weighted by Gasteiger charge is -2.30. The van der Waals surface area contributed by atoms with E-state index >= 15 is 0 Å². The highest BCUT2D eigenvalue weighted by Gasteiger charge is 2.30. The van der Waals surface area contributed by atoms with Crippen LogP contribution < -0.4 is 5.32 Å². The Labute approximate surface area is 135 Å². The molecule has 7 nitrogen and oxygen atoms in total. The fourth-order valence-electron chi connectivity index (χ4n) is 3.00. The van der Waals surface area contributed by atoms with Crippen molar-refractivity contribution in [2.45, 2.75) is 39.3 Å². The Morgan fingerprint density at radius 3 is 2.91 bits per heavy atom. The summed E-state index contributed by atoms with van der Waals surface area (Å²) in [5.41, 5.74) is 0.300. The number of carbonyl (C=O) groups excluding carboxylic acids is 1. The number of nitrogens with one attached hydrogen (secondary N) is 1. The van der Waals surface area contributed by atoms with Crippen LogP contribution in [0.2, 0.25) is 0 Å². The first-order valence-electron chi connectivity index (χ1n) is 8.02.